The van der Waals surface area contributed by atoms with Crippen molar-refractivity contribution in [2.45, 2.75) is 50.5 Å². The van der Waals surface area contributed by atoms with Crippen LogP contribution in [0, 0.1) is 5.41 Å². The molecule has 1 spiro atoms. The normalized spacial score (nSPS) is 21.0. The van der Waals surface area contributed by atoms with E-state index in [-0.39, 0.29) is 11.0 Å². The number of carbonyl (C=O) groups excluding carboxylic acids is 1. The molecular formula is C17H21N5O3. The number of nitrogen functional groups attached to an aromatic ring is 1. The van der Waals surface area contributed by atoms with Crippen LogP contribution in [0.2, 0.25) is 0 Å². The van der Waals surface area contributed by atoms with Crippen LogP contribution in [0.3, 0.4) is 0 Å². The molecule has 0 radical (unpaired) electrons. The minimum Gasteiger partial charge on any atom is -0.480 e. The number of amides is 1. The third-order valence-corrected chi connectivity index (χ3v) is 5.71. The SMILES string of the molecule is Nc1ccnc2c(C(=O)NC3(C(=O)O)CC4(CCCCC4)C3)cnn12. The van der Waals surface area contributed by atoms with Crippen molar-refractivity contribution in [3.8, 4) is 0 Å². The van der Waals surface area contributed by atoms with Crippen LogP contribution in [0.1, 0.15) is 55.3 Å². The van der Waals surface area contributed by atoms with Gasteiger partial charge < -0.3 is 16.2 Å². The van der Waals surface area contributed by atoms with Gasteiger partial charge in [0.05, 0.1) is 6.20 Å². The van der Waals surface area contributed by atoms with Gasteiger partial charge in [0, 0.05) is 6.20 Å². The molecule has 2 saturated carbocycles. The van der Waals surface area contributed by atoms with E-state index in [1.54, 1.807) is 6.07 Å². The number of nitrogens with one attached hydrogen (secondary N) is 1. The van der Waals surface area contributed by atoms with Crippen molar-refractivity contribution < 1.29 is 14.7 Å². The molecule has 4 rings (SSSR count). The average Bonchev–Trinajstić information content (AvgIpc) is 2.99. The Morgan fingerprint density at radius 1 is 1.24 bits per heavy atom. The van der Waals surface area contributed by atoms with E-state index in [4.69, 9.17) is 5.73 Å². The first-order chi connectivity index (χ1) is 11.9. The van der Waals surface area contributed by atoms with Gasteiger partial charge in [-0.15, -0.1) is 0 Å². The quantitative estimate of drug-likeness (QED) is 0.778. The van der Waals surface area contributed by atoms with Gasteiger partial charge in [-0.05, 0) is 37.2 Å². The Hall–Kier alpha value is -2.64. The Kier molecular flexibility index (Phi) is 3.45. The van der Waals surface area contributed by atoms with Gasteiger partial charge in [-0.25, -0.2) is 9.78 Å². The molecule has 0 aromatic carbocycles. The molecule has 0 bridgehead atoms. The smallest absolute Gasteiger partial charge is 0.329 e. The highest BCUT2D eigenvalue weighted by Crippen LogP contribution is 2.56. The summed E-state index contributed by atoms with van der Waals surface area (Å²) in [7, 11) is 0. The van der Waals surface area contributed by atoms with Gasteiger partial charge in [0.2, 0.25) is 0 Å². The highest BCUT2D eigenvalue weighted by Gasteiger charge is 2.59. The minimum absolute atomic E-state index is 0.0771. The van der Waals surface area contributed by atoms with Crippen molar-refractivity contribution in [1.29, 1.82) is 0 Å². The number of carboxylic acids is 1. The lowest BCUT2D eigenvalue weighted by Gasteiger charge is -2.55. The molecule has 2 heterocycles. The van der Waals surface area contributed by atoms with E-state index in [0.29, 0.717) is 24.3 Å². The lowest BCUT2D eigenvalue weighted by Crippen LogP contribution is -2.66. The van der Waals surface area contributed by atoms with Crippen molar-refractivity contribution in [3.05, 3.63) is 24.0 Å². The summed E-state index contributed by atoms with van der Waals surface area (Å²) in [6.45, 7) is 0. The first-order valence-electron chi connectivity index (χ1n) is 8.59. The number of hydrogen-bond acceptors (Lipinski definition) is 5. The molecule has 2 fully saturated rings. The minimum atomic E-state index is -1.19. The Bertz CT molecular complexity index is 845. The molecule has 8 nitrogen and oxygen atoms in total. The number of hydrogen-bond donors (Lipinski definition) is 3. The fourth-order valence-corrected chi connectivity index (χ4v) is 4.53. The third kappa shape index (κ3) is 2.43. The molecule has 8 heteroatoms. The lowest BCUT2D eigenvalue weighted by atomic mass is 9.52. The highest BCUT2D eigenvalue weighted by atomic mass is 16.4. The van der Waals surface area contributed by atoms with Crippen molar-refractivity contribution in [3.63, 3.8) is 0 Å². The number of nitrogens with two attached hydrogens (primary N) is 1. The maximum absolute atomic E-state index is 12.7. The first-order valence-corrected chi connectivity index (χ1v) is 8.59. The van der Waals surface area contributed by atoms with Crippen LogP contribution in [0.15, 0.2) is 18.5 Å². The van der Waals surface area contributed by atoms with Gasteiger partial charge >= 0.3 is 5.97 Å². The monoisotopic (exact) mass is 343 g/mol. The number of carboxylic acid groups (broad SMARTS) is 1. The van der Waals surface area contributed by atoms with Crippen LogP contribution >= 0.6 is 0 Å². The van der Waals surface area contributed by atoms with E-state index in [0.717, 1.165) is 25.7 Å². The second kappa shape index (κ2) is 5.44. The van der Waals surface area contributed by atoms with E-state index >= 15 is 0 Å². The second-order valence-corrected chi connectivity index (χ2v) is 7.42. The third-order valence-electron chi connectivity index (χ3n) is 5.71. The van der Waals surface area contributed by atoms with Gasteiger partial charge in [-0.3, -0.25) is 4.79 Å². The average molecular weight is 343 g/mol. The van der Waals surface area contributed by atoms with Gasteiger partial charge in [-0.2, -0.15) is 9.61 Å². The van der Waals surface area contributed by atoms with Crippen LogP contribution in [0.4, 0.5) is 5.82 Å². The van der Waals surface area contributed by atoms with E-state index in [9.17, 15) is 14.7 Å². The summed E-state index contributed by atoms with van der Waals surface area (Å²) < 4.78 is 1.37. The zero-order chi connectivity index (χ0) is 17.7. The van der Waals surface area contributed by atoms with Crippen molar-refractivity contribution in [1.82, 2.24) is 19.9 Å². The number of rotatable bonds is 3. The molecule has 25 heavy (non-hydrogen) atoms. The highest BCUT2D eigenvalue weighted by molar-refractivity contribution is 6.02. The topological polar surface area (TPSA) is 123 Å². The second-order valence-electron chi connectivity index (χ2n) is 7.42. The number of aliphatic carboxylic acids is 1. The largest absolute Gasteiger partial charge is 0.480 e. The summed E-state index contributed by atoms with van der Waals surface area (Å²) >= 11 is 0. The maximum Gasteiger partial charge on any atom is 0.329 e. The Morgan fingerprint density at radius 2 is 1.96 bits per heavy atom. The van der Waals surface area contributed by atoms with Crippen LogP contribution in [0.5, 0.6) is 0 Å². The van der Waals surface area contributed by atoms with Crippen molar-refractivity contribution >= 4 is 23.3 Å². The zero-order valence-electron chi connectivity index (χ0n) is 13.9. The van der Waals surface area contributed by atoms with E-state index in [2.05, 4.69) is 15.4 Å². The van der Waals surface area contributed by atoms with Gasteiger partial charge in [0.25, 0.3) is 5.91 Å². The summed E-state index contributed by atoms with van der Waals surface area (Å²) in [5.74, 6) is -1.08. The molecule has 0 unspecified atom stereocenters. The number of nitrogens with zero attached hydrogens (tertiary/aromatic N) is 3. The molecule has 2 aromatic heterocycles. The van der Waals surface area contributed by atoms with Crippen LogP contribution in [-0.2, 0) is 4.79 Å². The number of aromatic nitrogens is 3. The number of carbonyl (C=O) groups is 2. The molecule has 0 aliphatic heterocycles. The molecule has 1 amide bonds. The lowest BCUT2D eigenvalue weighted by molar-refractivity contribution is -0.157. The zero-order valence-corrected chi connectivity index (χ0v) is 13.9. The number of anilines is 1. The van der Waals surface area contributed by atoms with Crippen molar-refractivity contribution in [2.75, 3.05) is 5.73 Å². The van der Waals surface area contributed by atoms with Crippen LogP contribution < -0.4 is 11.1 Å². The van der Waals surface area contributed by atoms with Gasteiger partial charge in [0.15, 0.2) is 5.65 Å². The maximum atomic E-state index is 12.7. The molecule has 2 aliphatic carbocycles. The predicted molar refractivity (Wildman–Crippen MR) is 90.0 cm³/mol. The van der Waals surface area contributed by atoms with Gasteiger partial charge in [-0.1, -0.05) is 19.3 Å². The fourth-order valence-electron chi connectivity index (χ4n) is 4.53. The summed E-state index contributed by atoms with van der Waals surface area (Å²) in [4.78, 5) is 28.7. The van der Waals surface area contributed by atoms with E-state index < -0.39 is 17.4 Å². The Balaban J connectivity index is 1.58. The molecule has 4 N–H and O–H groups in total. The Morgan fingerprint density at radius 3 is 2.64 bits per heavy atom. The number of fused-ring (bicyclic) bond motifs is 1. The Labute approximate surface area is 144 Å². The van der Waals surface area contributed by atoms with Crippen LogP contribution in [0.25, 0.3) is 5.65 Å². The molecule has 132 valence electrons. The molecule has 0 atom stereocenters. The summed E-state index contributed by atoms with van der Waals surface area (Å²) in [5.41, 5.74) is 5.25. The summed E-state index contributed by atoms with van der Waals surface area (Å²) in [6.07, 6.45) is 9.45. The fraction of sp³-hybridized carbons (Fsp3) is 0.529. The molecule has 2 aliphatic rings. The van der Waals surface area contributed by atoms with Gasteiger partial charge in [0.1, 0.15) is 16.9 Å². The van der Waals surface area contributed by atoms with Crippen LogP contribution in [-0.4, -0.2) is 37.1 Å². The standard InChI is InChI=1S/C17H21N5O3/c18-12-4-7-19-13-11(8-20-22(12)13)14(23)21-17(15(24)25)9-16(10-17)5-2-1-3-6-16/h4,7-8H,1-3,5-6,9-10,18H2,(H,21,23)(H,24,25). The summed E-state index contributed by atoms with van der Waals surface area (Å²) in [5, 5.41) is 16.5. The predicted octanol–water partition coefficient (Wildman–Crippen LogP) is 1.61. The molecular weight excluding hydrogens is 322 g/mol. The first kappa shape index (κ1) is 15.9. The van der Waals surface area contributed by atoms with E-state index in [1.165, 1.54) is 23.3 Å². The van der Waals surface area contributed by atoms with E-state index in [1.807, 2.05) is 0 Å². The molecule has 0 saturated heterocycles. The van der Waals surface area contributed by atoms with Crippen molar-refractivity contribution in [2.24, 2.45) is 5.41 Å². The molecule has 2 aromatic rings. The summed E-state index contributed by atoms with van der Waals surface area (Å²) in [6, 6.07) is 1.58.